The van der Waals surface area contributed by atoms with Crippen LogP contribution in [0.1, 0.15) is 0 Å². The number of likely N-dealkylation sites (N-methyl/N-ethyl adjacent to an activating group) is 1. The van der Waals surface area contributed by atoms with Crippen molar-refractivity contribution in [2.75, 3.05) is 38.3 Å². The Hall–Kier alpha value is -1.80. The average Bonchev–Trinajstić information content (AvgIpc) is 2.27. The quantitative estimate of drug-likeness (QED) is 0.705. The molecule has 0 aliphatic rings. The largest absolute Gasteiger partial charge is 0.397 e. The van der Waals surface area contributed by atoms with E-state index in [-0.39, 0.29) is 17.1 Å². The number of sulfonamides is 1. The normalized spacial score (nSPS) is 11.6. The SMILES string of the molecule is CN(CC(N)=O)c1ccc(S(=O)(=O)N(C)C)cc1N. The van der Waals surface area contributed by atoms with E-state index in [1.807, 2.05) is 0 Å². The number of carbonyl (C=O) groups is 1. The number of nitrogen functional groups attached to an aromatic ring is 1. The van der Waals surface area contributed by atoms with Crippen LogP contribution in [0.4, 0.5) is 11.4 Å². The molecular formula is C11H18N4O3S. The van der Waals surface area contributed by atoms with Gasteiger partial charge in [-0.05, 0) is 18.2 Å². The van der Waals surface area contributed by atoms with Crippen LogP contribution in [0.25, 0.3) is 0 Å². The second kappa shape index (κ2) is 5.45. The van der Waals surface area contributed by atoms with Crippen LogP contribution in [0.15, 0.2) is 23.1 Å². The van der Waals surface area contributed by atoms with Gasteiger partial charge in [-0.3, -0.25) is 4.79 Å². The number of benzene rings is 1. The van der Waals surface area contributed by atoms with Gasteiger partial charge in [-0.2, -0.15) is 0 Å². The first-order valence-corrected chi connectivity index (χ1v) is 6.91. The average molecular weight is 286 g/mol. The van der Waals surface area contributed by atoms with Gasteiger partial charge in [-0.15, -0.1) is 0 Å². The molecule has 0 saturated heterocycles. The molecule has 0 fully saturated rings. The highest BCUT2D eigenvalue weighted by atomic mass is 32.2. The smallest absolute Gasteiger partial charge is 0.242 e. The van der Waals surface area contributed by atoms with Gasteiger partial charge in [0.25, 0.3) is 0 Å². The fraction of sp³-hybridized carbons (Fsp3) is 0.364. The van der Waals surface area contributed by atoms with Gasteiger partial charge in [0.2, 0.25) is 15.9 Å². The van der Waals surface area contributed by atoms with Gasteiger partial charge in [0.15, 0.2) is 0 Å². The summed E-state index contributed by atoms with van der Waals surface area (Å²) < 4.78 is 25.0. The Morgan fingerprint density at radius 1 is 1.26 bits per heavy atom. The van der Waals surface area contributed by atoms with E-state index in [0.29, 0.717) is 5.69 Å². The van der Waals surface area contributed by atoms with Gasteiger partial charge in [0, 0.05) is 21.1 Å². The van der Waals surface area contributed by atoms with Crippen molar-refractivity contribution in [3.8, 4) is 0 Å². The number of rotatable bonds is 5. The maximum atomic E-state index is 11.9. The second-order valence-electron chi connectivity index (χ2n) is 4.33. The summed E-state index contributed by atoms with van der Waals surface area (Å²) in [6.45, 7) is 0.00395. The maximum absolute atomic E-state index is 11.9. The van der Waals surface area contributed by atoms with Gasteiger partial charge in [-0.1, -0.05) is 0 Å². The fourth-order valence-corrected chi connectivity index (χ4v) is 2.51. The fourth-order valence-electron chi connectivity index (χ4n) is 1.57. The van der Waals surface area contributed by atoms with E-state index in [1.54, 1.807) is 18.0 Å². The summed E-state index contributed by atoms with van der Waals surface area (Å²) in [4.78, 5) is 12.5. The van der Waals surface area contributed by atoms with Crippen molar-refractivity contribution in [1.29, 1.82) is 0 Å². The molecule has 0 bridgehead atoms. The van der Waals surface area contributed by atoms with E-state index >= 15 is 0 Å². The van der Waals surface area contributed by atoms with Crippen molar-refractivity contribution in [3.63, 3.8) is 0 Å². The zero-order chi connectivity index (χ0) is 14.8. The summed E-state index contributed by atoms with van der Waals surface area (Å²) in [6, 6.07) is 4.36. The number of amides is 1. The van der Waals surface area contributed by atoms with E-state index < -0.39 is 15.9 Å². The van der Waals surface area contributed by atoms with Crippen molar-refractivity contribution < 1.29 is 13.2 Å². The van der Waals surface area contributed by atoms with Gasteiger partial charge in [-0.25, -0.2) is 12.7 Å². The molecule has 0 aliphatic carbocycles. The van der Waals surface area contributed by atoms with Crippen molar-refractivity contribution in [2.45, 2.75) is 4.90 Å². The Kier molecular flexibility index (Phi) is 4.38. The molecule has 0 aliphatic heterocycles. The van der Waals surface area contributed by atoms with Crippen LogP contribution in [0.5, 0.6) is 0 Å². The third-order valence-electron chi connectivity index (χ3n) is 2.58. The lowest BCUT2D eigenvalue weighted by Gasteiger charge is -2.20. The molecule has 0 heterocycles. The number of primary amides is 1. The van der Waals surface area contributed by atoms with E-state index in [0.717, 1.165) is 4.31 Å². The molecule has 7 nitrogen and oxygen atoms in total. The summed E-state index contributed by atoms with van der Waals surface area (Å²) >= 11 is 0. The molecule has 1 rings (SSSR count). The highest BCUT2D eigenvalue weighted by molar-refractivity contribution is 7.89. The zero-order valence-electron chi connectivity index (χ0n) is 11.1. The van der Waals surface area contributed by atoms with Crippen LogP contribution in [0.3, 0.4) is 0 Å². The molecule has 0 radical (unpaired) electrons. The zero-order valence-corrected chi connectivity index (χ0v) is 11.9. The molecule has 8 heteroatoms. The Labute approximate surface area is 112 Å². The van der Waals surface area contributed by atoms with Crippen LogP contribution >= 0.6 is 0 Å². The molecular weight excluding hydrogens is 268 g/mol. The van der Waals surface area contributed by atoms with Crippen LogP contribution in [-0.2, 0) is 14.8 Å². The van der Waals surface area contributed by atoms with E-state index in [2.05, 4.69) is 0 Å². The molecule has 4 N–H and O–H groups in total. The maximum Gasteiger partial charge on any atom is 0.242 e. The van der Waals surface area contributed by atoms with Crippen LogP contribution < -0.4 is 16.4 Å². The molecule has 19 heavy (non-hydrogen) atoms. The van der Waals surface area contributed by atoms with E-state index in [1.165, 1.54) is 26.2 Å². The highest BCUT2D eigenvalue weighted by Crippen LogP contribution is 2.26. The topological polar surface area (TPSA) is 110 Å². The predicted molar refractivity (Wildman–Crippen MR) is 74.2 cm³/mol. The number of hydrogen-bond acceptors (Lipinski definition) is 5. The third kappa shape index (κ3) is 3.36. The lowest BCUT2D eigenvalue weighted by molar-refractivity contribution is -0.116. The standard InChI is InChI=1S/C11H18N4O3S/c1-14(2)19(17,18)8-4-5-10(9(12)6-8)15(3)7-11(13)16/h4-6H,7,12H2,1-3H3,(H2,13,16). The molecule has 1 aromatic carbocycles. The Morgan fingerprint density at radius 2 is 1.84 bits per heavy atom. The van der Waals surface area contributed by atoms with Gasteiger partial charge >= 0.3 is 0 Å². The van der Waals surface area contributed by atoms with Gasteiger partial charge < -0.3 is 16.4 Å². The number of carbonyl (C=O) groups excluding carboxylic acids is 1. The summed E-state index contributed by atoms with van der Waals surface area (Å²) in [5.41, 5.74) is 11.7. The molecule has 0 aromatic heterocycles. The minimum atomic E-state index is -3.52. The monoisotopic (exact) mass is 286 g/mol. The molecule has 106 valence electrons. The molecule has 1 amide bonds. The van der Waals surface area contributed by atoms with Crippen LogP contribution in [0, 0.1) is 0 Å². The lowest BCUT2D eigenvalue weighted by atomic mass is 10.2. The molecule has 0 atom stereocenters. The lowest BCUT2D eigenvalue weighted by Crippen LogP contribution is -2.31. The van der Waals surface area contributed by atoms with Crippen molar-refractivity contribution in [3.05, 3.63) is 18.2 Å². The first kappa shape index (κ1) is 15.3. The molecule has 0 saturated carbocycles. The summed E-state index contributed by atoms with van der Waals surface area (Å²) in [5, 5.41) is 0. The molecule has 0 spiro atoms. The number of nitrogens with two attached hydrogens (primary N) is 2. The third-order valence-corrected chi connectivity index (χ3v) is 4.39. The number of nitrogens with zero attached hydrogens (tertiary/aromatic N) is 2. The van der Waals surface area contributed by atoms with E-state index in [4.69, 9.17) is 11.5 Å². The highest BCUT2D eigenvalue weighted by Gasteiger charge is 2.19. The van der Waals surface area contributed by atoms with Crippen molar-refractivity contribution >= 4 is 27.3 Å². The predicted octanol–water partition coefficient (Wildman–Crippen LogP) is -0.559. The van der Waals surface area contributed by atoms with Crippen LogP contribution in [-0.4, -0.2) is 46.3 Å². The molecule has 0 unspecified atom stereocenters. The van der Waals surface area contributed by atoms with E-state index in [9.17, 15) is 13.2 Å². The minimum absolute atomic E-state index is 0.00395. The van der Waals surface area contributed by atoms with Gasteiger partial charge in [0.05, 0.1) is 22.8 Å². The summed E-state index contributed by atoms with van der Waals surface area (Å²) in [6.07, 6.45) is 0. The molecule has 1 aromatic rings. The Morgan fingerprint density at radius 3 is 2.26 bits per heavy atom. The van der Waals surface area contributed by atoms with Gasteiger partial charge in [0.1, 0.15) is 0 Å². The second-order valence-corrected chi connectivity index (χ2v) is 6.48. The van der Waals surface area contributed by atoms with Crippen LogP contribution in [0.2, 0.25) is 0 Å². The van der Waals surface area contributed by atoms with Crippen molar-refractivity contribution in [2.24, 2.45) is 5.73 Å². The Balaban J connectivity index is 3.15. The van der Waals surface area contributed by atoms with Crippen molar-refractivity contribution in [1.82, 2.24) is 4.31 Å². The number of anilines is 2. The summed E-state index contributed by atoms with van der Waals surface area (Å²) in [5.74, 6) is -0.494. The number of hydrogen-bond donors (Lipinski definition) is 2. The minimum Gasteiger partial charge on any atom is -0.397 e. The summed E-state index contributed by atoms with van der Waals surface area (Å²) in [7, 11) is 1.01. The first-order valence-electron chi connectivity index (χ1n) is 5.47. The Bertz CT molecular complexity index is 584. The first-order chi connectivity index (χ1) is 8.66.